The van der Waals surface area contributed by atoms with Gasteiger partial charge < -0.3 is 79.3 Å². The van der Waals surface area contributed by atoms with Crippen molar-refractivity contribution in [3.8, 4) is 5.75 Å². The van der Waals surface area contributed by atoms with E-state index in [0.29, 0.717) is 39.0 Å². The van der Waals surface area contributed by atoms with Crippen molar-refractivity contribution in [1.82, 2.24) is 62.0 Å². The molecule has 97 heavy (non-hydrogen) atoms. The van der Waals surface area contributed by atoms with Gasteiger partial charge in [-0.1, -0.05) is 86.6 Å². The summed E-state index contributed by atoms with van der Waals surface area (Å²) in [5.41, 5.74) is 20.7. The zero-order valence-corrected chi connectivity index (χ0v) is 53.7. The van der Waals surface area contributed by atoms with Crippen molar-refractivity contribution in [2.45, 2.75) is 139 Å². The third-order valence-corrected chi connectivity index (χ3v) is 16.4. The van der Waals surface area contributed by atoms with Crippen LogP contribution in [0, 0.1) is 16.2 Å². The molecule has 0 spiro atoms. The molecule has 0 unspecified atom stereocenters. The van der Waals surface area contributed by atoms with Gasteiger partial charge in [-0.25, -0.2) is 4.98 Å². The van der Waals surface area contributed by atoms with Crippen LogP contribution >= 0.6 is 0 Å². The van der Waals surface area contributed by atoms with E-state index in [1.54, 1.807) is 56.4 Å². The quantitative estimate of drug-likeness (QED) is 0.00418. The van der Waals surface area contributed by atoms with E-state index in [1.807, 2.05) is 30.3 Å². The number of hydrogen-bond donors (Lipinski definition) is 17. The Kier molecular flexibility index (Phi) is 26.6. The Morgan fingerprint density at radius 1 is 0.722 bits per heavy atom. The molecule has 1 aliphatic heterocycles. The highest BCUT2D eigenvalue weighted by Gasteiger charge is 2.44. The Hall–Kier alpha value is -10.9. The lowest BCUT2D eigenvalue weighted by atomic mass is 9.96. The van der Waals surface area contributed by atoms with Crippen molar-refractivity contribution in [1.29, 1.82) is 5.41 Å². The highest BCUT2D eigenvalue weighted by molar-refractivity contribution is 6.06. The molecule has 7 rings (SSSR count). The van der Waals surface area contributed by atoms with E-state index in [0.717, 1.165) is 10.8 Å². The van der Waals surface area contributed by atoms with Gasteiger partial charge in [0.05, 0.1) is 35.6 Å². The molecule has 9 amide bonds. The van der Waals surface area contributed by atoms with Crippen LogP contribution in [0.4, 0.5) is 0 Å². The Balaban J connectivity index is 1.25. The number of H-pyrrole nitrogens is 2. The van der Waals surface area contributed by atoms with Gasteiger partial charge in [0.2, 0.25) is 47.3 Å². The molecule has 3 heterocycles. The second kappa shape index (κ2) is 35.0. The number of nitrogens with one attached hydrogen (secondary N) is 10. The van der Waals surface area contributed by atoms with Crippen LogP contribution in [0.25, 0.3) is 21.7 Å². The Morgan fingerprint density at radius 3 is 2.03 bits per heavy atom. The van der Waals surface area contributed by atoms with E-state index in [1.165, 1.54) is 41.7 Å². The number of amides is 9. The predicted octanol–water partition coefficient (Wildman–Crippen LogP) is -1.29. The van der Waals surface area contributed by atoms with Gasteiger partial charge in [-0.3, -0.25) is 63.6 Å². The first kappa shape index (κ1) is 73.5. The number of guanidine groups is 1. The molecule has 6 aromatic rings. The Labute approximate surface area is 557 Å². The molecule has 0 bridgehead atoms. The summed E-state index contributed by atoms with van der Waals surface area (Å²) in [5.74, 6) is -5.99. The minimum absolute atomic E-state index is 0.0138. The van der Waals surface area contributed by atoms with Gasteiger partial charge >= 0.3 is 5.97 Å². The number of fused-ring (bicyclic) bond motifs is 2. The van der Waals surface area contributed by atoms with Gasteiger partial charge in [0.15, 0.2) is 5.96 Å². The molecule has 4 aromatic carbocycles. The molecule has 32 nitrogen and oxygen atoms in total. The van der Waals surface area contributed by atoms with Crippen LogP contribution in [0.3, 0.4) is 0 Å². The fraction of sp³-hybridized carbons (Fsp3) is 0.415. The molecule has 32 heteroatoms. The number of aliphatic hydroxyl groups excluding tert-OH is 1. The number of hydrogen-bond acceptors (Lipinski definition) is 17. The number of benzene rings is 4. The van der Waals surface area contributed by atoms with Gasteiger partial charge in [-0.05, 0) is 96.5 Å². The summed E-state index contributed by atoms with van der Waals surface area (Å²) in [6.07, 6.45) is 2.65. The number of carbonyl (C=O) groups is 10. The fourth-order valence-electron chi connectivity index (χ4n) is 11.4. The number of hydrazine groups is 1. The van der Waals surface area contributed by atoms with Crippen LogP contribution in [0.2, 0.25) is 0 Å². The molecule has 21 N–H and O–H groups in total. The van der Waals surface area contributed by atoms with Crippen molar-refractivity contribution in [2.24, 2.45) is 29.0 Å². The molecular formula is C65H85N18O14+. The standard InChI is InChI=1S/C65H84N18O14/c1-36(2)25-54(61(93)76-48(13-7-23-72-65(68)69)63(95)81-24-8-14-53(81)60(92)75-35-82(70)97)83(62(94)46(67)27-38-15-18-39-9-3-4-10-40(39)26-38)64(96)51(28-37-16-19-43(85)20-17-37)79-59(91)52(33-84)80-57(89)49(29-41-31-73-47-12-6-5-11-44(41)47)78-58(90)50(30-42-32-71-34-74-42)77-56(88)45(66)21-22-55(86)87/h3-6,9-12,15-20,26,31-32,34,36,45-46,48-54,73,84H,7-8,13-14,21-25,27-30,33,35,66-67H2,1-2H3,(H14-,68,69,70,71,72,74,75,76,77,78,79,80,85,86,87,88,89,90,91,92,93,97)/p+1/t45-,46+,48-,49-,50-,51-,52-,53-,54-/m0/s1. The number of nitrogens with zero attached hydrogens (tertiary/aromatic N) is 4. The van der Waals surface area contributed by atoms with Crippen LogP contribution in [-0.2, 0) is 73.6 Å². The first-order chi connectivity index (χ1) is 46.3. The van der Waals surface area contributed by atoms with Gasteiger partial charge in [-0.15, -0.1) is 0 Å². The van der Waals surface area contributed by atoms with Crippen molar-refractivity contribution >= 4 is 86.8 Å². The van der Waals surface area contributed by atoms with Crippen LogP contribution in [0.1, 0.15) is 81.2 Å². The number of likely N-dealkylation sites (tertiary alicyclic amines) is 1. The van der Waals surface area contributed by atoms with E-state index in [4.69, 9.17) is 28.5 Å². The minimum Gasteiger partial charge on any atom is -0.508 e. The number of carbonyl (C=O) groups excluding carboxylic acids is 9. The predicted molar refractivity (Wildman–Crippen MR) is 353 cm³/mol. The summed E-state index contributed by atoms with van der Waals surface area (Å²) in [7, 11) is 0. The number of carboxylic acid groups (broad SMARTS) is 1. The number of aromatic amines is 2. The zero-order chi connectivity index (χ0) is 70.5. The van der Waals surface area contributed by atoms with E-state index in [9.17, 15) is 53.8 Å². The number of imidazole rings is 1. The summed E-state index contributed by atoms with van der Waals surface area (Å²) in [5, 5.41) is 58.7. The van der Waals surface area contributed by atoms with Crippen LogP contribution in [0.15, 0.2) is 110 Å². The van der Waals surface area contributed by atoms with Gasteiger partial charge in [0.1, 0.15) is 52.9 Å². The second-order valence-corrected chi connectivity index (χ2v) is 24.2. The topological polar surface area (TPSA) is 515 Å². The molecule has 9 atom stereocenters. The average molecular weight is 1340 g/mol. The zero-order valence-electron chi connectivity index (χ0n) is 53.7. The Morgan fingerprint density at radius 2 is 1.36 bits per heavy atom. The first-order valence-electron chi connectivity index (χ1n) is 31.7. The molecule has 0 saturated carbocycles. The number of phenols is 1. The van der Waals surface area contributed by atoms with E-state index in [2.05, 4.69) is 52.2 Å². The SMILES string of the molecule is CC(C)C[C@@H](C(=O)N[C@@H](CCCNC(=N)N)C(=O)N1CCC[C@H]1C(=O)NC[N+](N)=O)N(C(=O)[C@H](N)Cc1ccc2ccccc2c1)C(=O)[C@H](Cc1ccc(O)cc1)NC(=O)[C@H](CO)NC(=O)[C@H](Cc1c[nH]c2ccccc12)NC(=O)[C@H](Cc1c[nH]cn1)NC(=O)[C@@H](N)CCC(=O)O. The number of aromatic hydroxyl groups is 1. The lowest BCUT2D eigenvalue weighted by Crippen LogP contribution is -2.64. The number of aliphatic hydroxyl groups is 1. The number of phenolic OH excluding ortho intramolecular Hbond substituents is 1. The summed E-state index contributed by atoms with van der Waals surface area (Å²) < 4.78 is 0. The van der Waals surface area contributed by atoms with Crippen molar-refractivity contribution < 1.29 is 68.1 Å². The van der Waals surface area contributed by atoms with Gasteiger partial charge in [-0.2, -0.15) is 5.84 Å². The number of aromatic nitrogens is 3. The Bertz CT molecular complexity index is 3790. The van der Waals surface area contributed by atoms with Crippen molar-refractivity contribution in [3.05, 3.63) is 137 Å². The van der Waals surface area contributed by atoms with Gasteiger partial charge in [0, 0.05) is 62.1 Å². The van der Waals surface area contributed by atoms with Crippen LogP contribution in [-0.4, -0.2) is 191 Å². The maximum absolute atomic E-state index is 16.0. The maximum Gasteiger partial charge on any atom is 0.303 e. The third kappa shape index (κ3) is 21.1. The molecule has 1 fully saturated rings. The highest BCUT2D eigenvalue weighted by atomic mass is 16.4. The van der Waals surface area contributed by atoms with Crippen molar-refractivity contribution in [3.63, 3.8) is 0 Å². The number of imide groups is 1. The lowest BCUT2D eigenvalue weighted by molar-refractivity contribution is -0.563. The highest BCUT2D eigenvalue weighted by Crippen LogP contribution is 2.25. The van der Waals surface area contributed by atoms with E-state index >= 15 is 14.4 Å². The van der Waals surface area contributed by atoms with Gasteiger partial charge in [0.25, 0.3) is 12.6 Å². The van der Waals surface area contributed by atoms with Crippen LogP contribution < -0.4 is 60.3 Å². The monoisotopic (exact) mass is 1340 g/mol. The molecule has 2 aromatic heterocycles. The van der Waals surface area contributed by atoms with E-state index < -0.39 is 146 Å². The number of carboxylic acids is 1. The number of para-hydroxylation sites is 1. The maximum atomic E-state index is 16.0. The summed E-state index contributed by atoms with van der Waals surface area (Å²) in [6, 6.07) is 11.0. The molecule has 1 aliphatic rings. The van der Waals surface area contributed by atoms with Crippen molar-refractivity contribution in [2.75, 3.05) is 26.4 Å². The smallest absolute Gasteiger partial charge is 0.303 e. The number of rotatable bonds is 35. The fourth-order valence-corrected chi connectivity index (χ4v) is 11.4. The molecule has 0 aliphatic carbocycles. The third-order valence-electron chi connectivity index (χ3n) is 16.4. The van der Waals surface area contributed by atoms with Crippen LogP contribution in [0.5, 0.6) is 5.75 Å². The average Bonchev–Trinajstić information content (AvgIpc) is 1.34. The summed E-state index contributed by atoms with van der Waals surface area (Å²) >= 11 is 0. The lowest BCUT2D eigenvalue weighted by Gasteiger charge is -2.36. The largest absolute Gasteiger partial charge is 0.508 e. The molecule has 518 valence electrons. The van der Waals surface area contributed by atoms with E-state index in [-0.39, 0.29) is 86.6 Å². The first-order valence-corrected chi connectivity index (χ1v) is 31.7. The number of aliphatic carboxylic acids is 1. The normalized spacial score (nSPS) is 15.3. The number of nitroso groups, excluding NO2 is 1. The second-order valence-electron chi connectivity index (χ2n) is 24.2. The summed E-state index contributed by atoms with van der Waals surface area (Å²) in [4.78, 5) is 168. The summed E-state index contributed by atoms with van der Waals surface area (Å²) in [6.45, 7) is 1.75. The molecule has 1 saturated heterocycles. The number of nitrogens with two attached hydrogens (primary N) is 4. The molecular weight excluding hydrogens is 1260 g/mol. The minimum atomic E-state index is -1.94. The molecule has 0 radical (unpaired) electrons.